The number of ether oxygens (including phenoxy) is 3. The molecular weight excluding hydrogens is 384 g/mol. The Bertz CT molecular complexity index is 655. The Hall–Kier alpha value is -2.37. The number of benzene rings is 1. The number of carbonyl (C=O) groups excluding carboxylic acids is 3. The molecule has 1 atom stereocenters. The van der Waals surface area contributed by atoms with Crippen molar-refractivity contribution in [3.05, 3.63) is 29.8 Å². The van der Waals surface area contributed by atoms with Gasteiger partial charge in [0.25, 0.3) is 0 Å². The van der Waals surface area contributed by atoms with Crippen molar-refractivity contribution in [2.24, 2.45) is 0 Å². The molecule has 0 aliphatic heterocycles. The maximum atomic E-state index is 12.1. The second-order valence-corrected chi connectivity index (χ2v) is 7.40. The van der Waals surface area contributed by atoms with Crippen molar-refractivity contribution in [3.63, 3.8) is 0 Å². The summed E-state index contributed by atoms with van der Waals surface area (Å²) in [7, 11) is 0. The smallest absolute Gasteiger partial charge is 0.349 e. The fraction of sp³-hybridized carbons (Fsp3) is 0.625. The lowest BCUT2D eigenvalue weighted by atomic mass is 10.1. The molecule has 0 spiro atoms. The van der Waals surface area contributed by atoms with Gasteiger partial charge in [0.15, 0.2) is 0 Å². The molecular formula is C24H36O6. The van der Waals surface area contributed by atoms with E-state index in [0.717, 1.165) is 26.2 Å². The Labute approximate surface area is 180 Å². The molecule has 6 heteroatoms. The van der Waals surface area contributed by atoms with E-state index in [0.29, 0.717) is 12.8 Å². The minimum absolute atomic E-state index is 0.112. The quantitative estimate of drug-likeness (QED) is 0.151. The molecule has 6 nitrogen and oxygen atoms in total. The highest BCUT2D eigenvalue weighted by Crippen LogP contribution is 2.22. The predicted octanol–water partition coefficient (Wildman–Crippen LogP) is 5.97. The number of hydrogen-bond donors (Lipinski definition) is 0. The molecule has 0 aliphatic rings. The third-order valence-corrected chi connectivity index (χ3v) is 4.68. The summed E-state index contributed by atoms with van der Waals surface area (Å²) >= 11 is 0. The molecule has 0 saturated carbocycles. The van der Waals surface area contributed by atoms with E-state index in [4.69, 9.17) is 9.47 Å². The van der Waals surface area contributed by atoms with Crippen LogP contribution in [0.25, 0.3) is 0 Å². The number of carbonyl (C=O) groups is 3. The minimum atomic E-state index is -0.803. The van der Waals surface area contributed by atoms with Gasteiger partial charge in [-0.1, -0.05) is 77.3 Å². The summed E-state index contributed by atoms with van der Waals surface area (Å²) in [6.07, 6.45) is 10.6. The Morgan fingerprint density at radius 2 is 1.47 bits per heavy atom. The summed E-state index contributed by atoms with van der Waals surface area (Å²) in [5.74, 6) is -1.59. The molecule has 1 aromatic carbocycles. The van der Waals surface area contributed by atoms with Crippen LogP contribution in [0.5, 0.6) is 5.75 Å². The van der Waals surface area contributed by atoms with Crippen LogP contribution in [0.1, 0.15) is 102 Å². The first kappa shape index (κ1) is 25.7. The highest BCUT2D eigenvalue weighted by Gasteiger charge is 2.20. The van der Waals surface area contributed by atoms with Crippen LogP contribution < -0.4 is 4.74 Å². The number of unbranched alkanes of at least 4 members (excludes halogenated alkanes) is 8. The topological polar surface area (TPSA) is 78.9 Å². The SMILES string of the molecule is CCCCCCCCCCCC(=O)OC(CC)Oc1ccccc1C(=O)OC(C)=O. The Morgan fingerprint density at radius 3 is 2.07 bits per heavy atom. The summed E-state index contributed by atoms with van der Waals surface area (Å²) in [4.78, 5) is 35.2. The number of esters is 3. The third kappa shape index (κ3) is 11.0. The molecule has 0 aliphatic carbocycles. The number of rotatable bonds is 15. The van der Waals surface area contributed by atoms with Gasteiger partial charge in [-0.3, -0.25) is 9.59 Å². The van der Waals surface area contributed by atoms with Gasteiger partial charge in [-0.05, 0) is 18.6 Å². The van der Waals surface area contributed by atoms with Crippen molar-refractivity contribution in [1.29, 1.82) is 0 Å². The highest BCUT2D eigenvalue weighted by atomic mass is 16.7. The molecule has 1 rings (SSSR count). The van der Waals surface area contributed by atoms with Crippen LogP contribution in [0.15, 0.2) is 24.3 Å². The average Bonchev–Trinajstić information content (AvgIpc) is 2.71. The molecule has 0 radical (unpaired) electrons. The third-order valence-electron chi connectivity index (χ3n) is 4.68. The van der Waals surface area contributed by atoms with E-state index >= 15 is 0 Å². The molecule has 0 fully saturated rings. The van der Waals surface area contributed by atoms with Crippen molar-refractivity contribution in [2.45, 2.75) is 97.7 Å². The first-order valence-electron chi connectivity index (χ1n) is 11.2. The van der Waals surface area contributed by atoms with Gasteiger partial charge in [0.2, 0.25) is 6.29 Å². The van der Waals surface area contributed by atoms with E-state index in [2.05, 4.69) is 11.7 Å². The van der Waals surface area contributed by atoms with Crippen molar-refractivity contribution in [3.8, 4) is 5.75 Å². The molecule has 0 aromatic heterocycles. The Morgan fingerprint density at radius 1 is 0.867 bits per heavy atom. The first-order valence-corrected chi connectivity index (χ1v) is 11.2. The fourth-order valence-corrected chi connectivity index (χ4v) is 3.04. The summed E-state index contributed by atoms with van der Waals surface area (Å²) < 4.78 is 15.7. The lowest BCUT2D eigenvalue weighted by molar-refractivity contribution is -0.164. The van der Waals surface area contributed by atoms with E-state index in [-0.39, 0.29) is 17.3 Å². The summed E-state index contributed by atoms with van der Waals surface area (Å²) in [6, 6.07) is 6.40. The normalized spacial score (nSPS) is 11.6. The molecule has 168 valence electrons. The Balaban J connectivity index is 2.38. The van der Waals surface area contributed by atoms with E-state index in [1.54, 1.807) is 18.2 Å². The van der Waals surface area contributed by atoms with Crippen molar-refractivity contribution < 1.29 is 28.6 Å². The summed E-state index contributed by atoms with van der Waals surface area (Å²) in [5.41, 5.74) is 0.112. The van der Waals surface area contributed by atoms with E-state index in [1.807, 2.05) is 6.92 Å². The zero-order chi connectivity index (χ0) is 22.2. The standard InChI is InChI=1S/C24H36O6/c1-4-6-7-8-9-10-11-12-13-18-22(26)30-23(5-2)29-21-17-15-14-16-20(21)24(27)28-19(3)25/h14-17,23H,4-13,18H2,1-3H3. The second-order valence-electron chi connectivity index (χ2n) is 7.40. The second kappa shape index (κ2) is 15.5. The fourth-order valence-electron chi connectivity index (χ4n) is 3.04. The highest BCUT2D eigenvalue weighted by molar-refractivity contribution is 5.98. The van der Waals surface area contributed by atoms with Crippen LogP contribution in [0.4, 0.5) is 0 Å². The molecule has 30 heavy (non-hydrogen) atoms. The van der Waals surface area contributed by atoms with Gasteiger partial charge in [0, 0.05) is 19.8 Å². The molecule has 1 aromatic rings. The lowest BCUT2D eigenvalue weighted by Crippen LogP contribution is -2.24. The van der Waals surface area contributed by atoms with Crippen molar-refractivity contribution in [2.75, 3.05) is 0 Å². The molecule has 0 bridgehead atoms. The van der Waals surface area contributed by atoms with Crippen LogP contribution >= 0.6 is 0 Å². The van der Waals surface area contributed by atoms with Crippen LogP contribution in [0.3, 0.4) is 0 Å². The lowest BCUT2D eigenvalue weighted by Gasteiger charge is -2.19. The van der Waals surface area contributed by atoms with Gasteiger partial charge < -0.3 is 14.2 Å². The van der Waals surface area contributed by atoms with E-state index in [1.165, 1.54) is 44.6 Å². The molecule has 0 N–H and O–H groups in total. The number of para-hydroxylation sites is 1. The van der Waals surface area contributed by atoms with Crippen LogP contribution in [0.2, 0.25) is 0 Å². The summed E-state index contributed by atoms with van der Waals surface area (Å²) in [5, 5.41) is 0. The van der Waals surface area contributed by atoms with E-state index < -0.39 is 18.2 Å². The van der Waals surface area contributed by atoms with Crippen LogP contribution in [-0.2, 0) is 19.1 Å². The molecule has 1 unspecified atom stereocenters. The monoisotopic (exact) mass is 420 g/mol. The molecule has 0 saturated heterocycles. The predicted molar refractivity (Wildman–Crippen MR) is 115 cm³/mol. The van der Waals surface area contributed by atoms with Gasteiger partial charge in [-0.25, -0.2) is 4.79 Å². The zero-order valence-corrected chi connectivity index (χ0v) is 18.6. The van der Waals surface area contributed by atoms with Gasteiger partial charge in [-0.2, -0.15) is 0 Å². The zero-order valence-electron chi connectivity index (χ0n) is 18.6. The average molecular weight is 421 g/mol. The van der Waals surface area contributed by atoms with Gasteiger partial charge in [0.05, 0.1) is 0 Å². The van der Waals surface area contributed by atoms with Crippen LogP contribution in [0, 0.1) is 0 Å². The Kier molecular flexibility index (Phi) is 13.2. The largest absolute Gasteiger partial charge is 0.454 e. The first-order chi connectivity index (χ1) is 14.5. The maximum Gasteiger partial charge on any atom is 0.349 e. The molecule has 0 amide bonds. The summed E-state index contributed by atoms with van der Waals surface area (Å²) in [6.45, 7) is 5.20. The van der Waals surface area contributed by atoms with Gasteiger partial charge >= 0.3 is 17.9 Å². The molecule has 0 heterocycles. The van der Waals surface area contributed by atoms with Gasteiger partial charge in [-0.15, -0.1) is 0 Å². The van der Waals surface area contributed by atoms with Gasteiger partial charge in [0.1, 0.15) is 11.3 Å². The van der Waals surface area contributed by atoms with Crippen LogP contribution in [-0.4, -0.2) is 24.2 Å². The maximum absolute atomic E-state index is 12.1. The van der Waals surface area contributed by atoms with Crippen molar-refractivity contribution >= 4 is 17.9 Å². The minimum Gasteiger partial charge on any atom is -0.454 e. The van der Waals surface area contributed by atoms with E-state index in [9.17, 15) is 14.4 Å². The van der Waals surface area contributed by atoms with Crippen molar-refractivity contribution in [1.82, 2.24) is 0 Å². The number of hydrogen-bond acceptors (Lipinski definition) is 6.